The summed E-state index contributed by atoms with van der Waals surface area (Å²) in [5.41, 5.74) is 0.0403. The Hall–Kier alpha value is -2.39. The first-order valence-corrected chi connectivity index (χ1v) is 7.33. The zero-order chi connectivity index (χ0) is 15.2. The van der Waals surface area contributed by atoms with Gasteiger partial charge in [-0.1, -0.05) is 12.1 Å². The summed E-state index contributed by atoms with van der Waals surface area (Å²) in [5, 5.41) is 21.2. The maximum atomic E-state index is 12.0. The minimum atomic E-state index is -0.600. The zero-order valence-corrected chi connectivity index (χ0v) is 12.5. The molecular weight excluding hydrogens is 284 g/mol. The number of benzene rings is 1. The maximum Gasteiger partial charge on any atom is 0.231 e. The van der Waals surface area contributed by atoms with Crippen molar-refractivity contribution in [3.05, 3.63) is 34.7 Å². The number of guanidine groups is 1. The van der Waals surface area contributed by atoms with Gasteiger partial charge in [0.05, 0.1) is 22.2 Å². The van der Waals surface area contributed by atoms with E-state index in [9.17, 15) is 10.1 Å². The van der Waals surface area contributed by atoms with Crippen LogP contribution in [0.4, 0.5) is 0 Å². The van der Waals surface area contributed by atoms with Gasteiger partial charge in [-0.2, -0.15) is 5.26 Å². The van der Waals surface area contributed by atoms with E-state index in [1.54, 1.807) is 13.1 Å². The van der Waals surface area contributed by atoms with Crippen LogP contribution < -0.4 is 5.32 Å². The molecule has 0 aliphatic carbocycles. The molecule has 0 bridgehead atoms. The van der Waals surface area contributed by atoms with Crippen LogP contribution in [-0.4, -0.2) is 23.8 Å². The molecule has 1 aromatic carbocycles. The number of nitrogens with zero attached hydrogens (tertiary/aromatic N) is 2. The summed E-state index contributed by atoms with van der Waals surface area (Å²) in [4.78, 5) is 14.3. The van der Waals surface area contributed by atoms with Gasteiger partial charge in [0.1, 0.15) is 6.07 Å². The first-order chi connectivity index (χ1) is 9.94. The van der Waals surface area contributed by atoms with E-state index in [0.29, 0.717) is 12.0 Å². The number of rotatable bonds is 1. The van der Waals surface area contributed by atoms with Crippen molar-refractivity contribution in [2.24, 2.45) is 0 Å². The van der Waals surface area contributed by atoms with E-state index < -0.39 is 5.54 Å². The van der Waals surface area contributed by atoms with Crippen LogP contribution in [0.1, 0.15) is 23.8 Å². The van der Waals surface area contributed by atoms with Crippen LogP contribution in [-0.2, 0) is 10.3 Å². The van der Waals surface area contributed by atoms with Gasteiger partial charge in [-0.25, -0.2) is 0 Å². The average molecular weight is 298 g/mol. The molecule has 3 rings (SSSR count). The van der Waals surface area contributed by atoms with Gasteiger partial charge in [0.15, 0.2) is 5.96 Å². The van der Waals surface area contributed by atoms with Gasteiger partial charge in [0.2, 0.25) is 5.91 Å². The number of thiophene rings is 1. The summed E-state index contributed by atoms with van der Waals surface area (Å²) in [6.45, 7) is 1.92. The second-order valence-corrected chi connectivity index (χ2v) is 6.43. The van der Waals surface area contributed by atoms with Gasteiger partial charge in [-0.3, -0.25) is 15.1 Å². The summed E-state index contributed by atoms with van der Waals surface area (Å²) in [6.07, 6.45) is 0.292. The molecule has 0 spiro atoms. The molecule has 1 amide bonds. The third-order valence-corrected chi connectivity index (χ3v) is 5.26. The lowest BCUT2D eigenvalue weighted by Crippen LogP contribution is -2.57. The first kappa shape index (κ1) is 13.6. The Morgan fingerprint density at radius 3 is 2.95 bits per heavy atom. The molecule has 1 aromatic heterocycles. The highest BCUT2D eigenvalue weighted by Gasteiger charge is 2.39. The molecule has 0 radical (unpaired) electrons. The van der Waals surface area contributed by atoms with Gasteiger partial charge in [0, 0.05) is 11.9 Å². The summed E-state index contributed by atoms with van der Waals surface area (Å²) < 4.78 is 0.927. The standard InChI is InChI=1S/C15H14N4OS/c1-15(7-12(20)19(2)14(17)18-15)11-6-9-4-3-5-10(8-16)13(9)21-11/h3-6H,7H2,1-2H3,(H2,17,18)/t15-/m0/s1. The van der Waals surface area contributed by atoms with Gasteiger partial charge < -0.3 is 5.32 Å². The lowest BCUT2D eigenvalue weighted by molar-refractivity contribution is -0.129. The Balaban J connectivity index is 2.10. The summed E-state index contributed by atoms with van der Waals surface area (Å²) in [5.74, 6) is 0.0194. The number of hydrogen-bond acceptors (Lipinski definition) is 4. The quantitative estimate of drug-likeness (QED) is 0.848. The Morgan fingerprint density at radius 2 is 2.29 bits per heavy atom. The molecule has 0 unspecified atom stereocenters. The van der Waals surface area contributed by atoms with Crippen molar-refractivity contribution in [2.45, 2.75) is 18.9 Å². The molecule has 21 heavy (non-hydrogen) atoms. The number of fused-ring (bicyclic) bond motifs is 1. The predicted octanol–water partition coefficient (Wildman–Crippen LogP) is 2.37. The molecule has 1 fully saturated rings. The highest BCUT2D eigenvalue weighted by atomic mass is 32.1. The molecule has 2 N–H and O–H groups in total. The van der Waals surface area contributed by atoms with Gasteiger partial charge in [0.25, 0.3) is 0 Å². The largest absolute Gasteiger partial charge is 0.345 e. The van der Waals surface area contributed by atoms with E-state index >= 15 is 0 Å². The predicted molar refractivity (Wildman–Crippen MR) is 82.1 cm³/mol. The van der Waals surface area contributed by atoms with Crippen molar-refractivity contribution in [1.82, 2.24) is 10.2 Å². The molecule has 6 heteroatoms. The van der Waals surface area contributed by atoms with E-state index in [1.807, 2.05) is 25.1 Å². The second kappa shape index (κ2) is 4.57. The summed E-state index contributed by atoms with van der Waals surface area (Å²) in [7, 11) is 1.59. The Bertz CT molecular complexity index is 784. The van der Waals surface area contributed by atoms with E-state index in [2.05, 4.69) is 11.4 Å². The van der Waals surface area contributed by atoms with E-state index in [4.69, 9.17) is 5.41 Å². The van der Waals surface area contributed by atoms with Crippen molar-refractivity contribution >= 4 is 33.3 Å². The molecule has 1 aliphatic heterocycles. The van der Waals surface area contributed by atoms with Gasteiger partial charge >= 0.3 is 0 Å². The average Bonchev–Trinajstić information content (AvgIpc) is 2.89. The van der Waals surface area contributed by atoms with Crippen molar-refractivity contribution in [2.75, 3.05) is 7.05 Å². The third-order valence-electron chi connectivity index (χ3n) is 3.82. The normalized spacial score (nSPS) is 22.2. The fourth-order valence-electron chi connectivity index (χ4n) is 2.51. The summed E-state index contributed by atoms with van der Waals surface area (Å²) in [6, 6.07) is 9.80. The lowest BCUT2D eigenvalue weighted by Gasteiger charge is -2.38. The molecule has 0 saturated carbocycles. The summed E-state index contributed by atoms with van der Waals surface area (Å²) >= 11 is 1.51. The van der Waals surface area contributed by atoms with Crippen molar-refractivity contribution in [1.29, 1.82) is 10.7 Å². The van der Waals surface area contributed by atoms with Gasteiger partial charge in [-0.15, -0.1) is 11.3 Å². The zero-order valence-electron chi connectivity index (χ0n) is 11.7. The van der Waals surface area contributed by atoms with E-state index in [-0.39, 0.29) is 11.9 Å². The van der Waals surface area contributed by atoms with E-state index in [1.165, 1.54) is 16.2 Å². The van der Waals surface area contributed by atoms with Crippen LogP contribution in [0, 0.1) is 16.7 Å². The Labute approximate surface area is 126 Å². The fourth-order valence-corrected chi connectivity index (χ4v) is 3.73. The lowest BCUT2D eigenvalue weighted by atomic mass is 9.92. The minimum Gasteiger partial charge on any atom is -0.345 e. The minimum absolute atomic E-state index is 0.0841. The van der Waals surface area contributed by atoms with Crippen LogP contribution in [0.15, 0.2) is 24.3 Å². The van der Waals surface area contributed by atoms with Crippen molar-refractivity contribution in [3.63, 3.8) is 0 Å². The number of nitrogens with one attached hydrogen (secondary N) is 2. The van der Waals surface area contributed by atoms with Crippen molar-refractivity contribution in [3.8, 4) is 6.07 Å². The molecule has 2 heterocycles. The molecule has 2 aromatic rings. The number of hydrogen-bond donors (Lipinski definition) is 2. The number of nitriles is 1. The molecule has 5 nitrogen and oxygen atoms in total. The number of carbonyl (C=O) groups excluding carboxylic acids is 1. The van der Waals surface area contributed by atoms with Crippen LogP contribution in [0.2, 0.25) is 0 Å². The highest BCUT2D eigenvalue weighted by Crippen LogP contribution is 2.38. The van der Waals surface area contributed by atoms with Crippen LogP contribution >= 0.6 is 11.3 Å². The van der Waals surface area contributed by atoms with Crippen LogP contribution in [0.3, 0.4) is 0 Å². The Kier molecular flexibility index (Phi) is 2.96. The van der Waals surface area contributed by atoms with Gasteiger partial charge in [-0.05, 0) is 24.4 Å². The molecule has 1 atom stereocenters. The second-order valence-electron chi connectivity index (χ2n) is 5.38. The topological polar surface area (TPSA) is 80.0 Å². The van der Waals surface area contributed by atoms with E-state index in [0.717, 1.165) is 15.0 Å². The third kappa shape index (κ3) is 2.06. The van der Waals surface area contributed by atoms with Crippen LogP contribution in [0.5, 0.6) is 0 Å². The fraction of sp³-hybridized carbons (Fsp3) is 0.267. The Morgan fingerprint density at radius 1 is 1.52 bits per heavy atom. The van der Waals surface area contributed by atoms with Crippen LogP contribution in [0.25, 0.3) is 10.1 Å². The number of amides is 1. The molecule has 106 valence electrons. The highest BCUT2D eigenvalue weighted by molar-refractivity contribution is 7.19. The maximum absolute atomic E-state index is 12.0. The SMILES string of the molecule is CN1C(=N)N[C@](C)(c2cc3cccc(C#N)c3s2)CC1=O. The number of carbonyl (C=O) groups is 1. The van der Waals surface area contributed by atoms with Crippen molar-refractivity contribution < 1.29 is 4.79 Å². The molecular formula is C15H14N4OS. The molecule has 1 aliphatic rings. The monoisotopic (exact) mass is 298 g/mol. The smallest absolute Gasteiger partial charge is 0.231 e. The molecule has 1 saturated heterocycles. The first-order valence-electron chi connectivity index (χ1n) is 6.51.